The summed E-state index contributed by atoms with van der Waals surface area (Å²) >= 11 is 0. The van der Waals surface area contributed by atoms with Crippen LogP contribution in [-0.2, 0) is 7.05 Å². The van der Waals surface area contributed by atoms with Crippen LogP contribution in [0.25, 0.3) is 16.9 Å². The van der Waals surface area contributed by atoms with Gasteiger partial charge in [-0.25, -0.2) is 14.5 Å². The van der Waals surface area contributed by atoms with Crippen molar-refractivity contribution in [2.75, 3.05) is 0 Å². The van der Waals surface area contributed by atoms with E-state index >= 15 is 0 Å². The van der Waals surface area contributed by atoms with Crippen molar-refractivity contribution in [2.24, 2.45) is 7.05 Å². The Kier molecular flexibility index (Phi) is 2.97. The van der Waals surface area contributed by atoms with Gasteiger partial charge in [0.15, 0.2) is 5.65 Å². The first kappa shape index (κ1) is 13.6. The first-order chi connectivity index (χ1) is 11.1. The van der Waals surface area contributed by atoms with Crippen LogP contribution in [0.2, 0.25) is 0 Å². The quantitative estimate of drug-likeness (QED) is 0.582. The van der Waals surface area contributed by atoms with Crippen LogP contribution >= 0.6 is 0 Å². The summed E-state index contributed by atoms with van der Waals surface area (Å²) in [5.74, 6) is -0.228. The van der Waals surface area contributed by atoms with Crippen molar-refractivity contribution < 1.29 is 4.48 Å². The van der Waals surface area contributed by atoms with Crippen molar-refractivity contribution >= 4 is 5.65 Å². The summed E-state index contributed by atoms with van der Waals surface area (Å²) in [6, 6.07) is 3.78. The average molecular weight is 311 g/mol. The van der Waals surface area contributed by atoms with Gasteiger partial charge in [0.1, 0.15) is 6.33 Å². The molecule has 0 unspecified atom stereocenters. The van der Waals surface area contributed by atoms with Crippen molar-refractivity contribution in [3.63, 3.8) is 0 Å². The van der Waals surface area contributed by atoms with Crippen molar-refractivity contribution in [2.45, 2.75) is 12.8 Å². The lowest BCUT2D eigenvalue weighted by atomic mass is 10.1. The third kappa shape index (κ3) is 2.19. The molecule has 4 aromatic rings. The Labute approximate surface area is 131 Å². The minimum absolute atomic E-state index is 0.228. The molecule has 0 fully saturated rings. The molecule has 0 spiro atoms. The largest absolute Gasteiger partial charge is 0.275 e. The van der Waals surface area contributed by atoms with Gasteiger partial charge in [-0.3, -0.25) is 4.68 Å². The van der Waals surface area contributed by atoms with Gasteiger partial charge in [0.05, 0.1) is 35.7 Å². The number of hydrogen-bond acceptors (Lipinski definition) is 4. The molecule has 4 rings (SSSR count). The molecule has 1 atom stereocenters. The molecule has 0 aliphatic rings. The first-order valence-electron chi connectivity index (χ1n) is 7.15. The highest BCUT2D eigenvalue weighted by atomic mass is 19.2. The van der Waals surface area contributed by atoms with Gasteiger partial charge in [0.2, 0.25) is 0 Å². The summed E-state index contributed by atoms with van der Waals surface area (Å²) in [4.78, 5) is 8.70. The van der Waals surface area contributed by atoms with Crippen LogP contribution in [0.1, 0.15) is 24.2 Å². The van der Waals surface area contributed by atoms with Gasteiger partial charge in [0.25, 0.3) is 0 Å². The second-order valence-corrected chi connectivity index (χ2v) is 5.43. The van der Waals surface area contributed by atoms with E-state index in [2.05, 4.69) is 20.2 Å². The second kappa shape index (κ2) is 5.01. The molecule has 0 saturated heterocycles. The molecular formula is C15H14FN7. The summed E-state index contributed by atoms with van der Waals surface area (Å²) in [6.07, 6.45) is 8.02. The molecule has 23 heavy (non-hydrogen) atoms. The first-order valence-corrected chi connectivity index (χ1v) is 7.15. The molecular weight excluding hydrogens is 297 g/mol. The maximum absolute atomic E-state index is 13.7. The summed E-state index contributed by atoms with van der Waals surface area (Å²) in [6.45, 7) is 1.90. The molecule has 0 N–H and O–H groups in total. The van der Waals surface area contributed by atoms with Crippen molar-refractivity contribution in [1.29, 1.82) is 0 Å². The topological polar surface area (TPSA) is 65.8 Å². The number of fused-ring (bicyclic) bond motifs is 1. The van der Waals surface area contributed by atoms with E-state index in [9.17, 15) is 4.48 Å². The zero-order valence-electron chi connectivity index (χ0n) is 12.6. The number of imidazole rings is 2. The average Bonchev–Trinajstić information content (AvgIpc) is 3.25. The van der Waals surface area contributed by atoms with Crippen LogP contribution in [0.15, 0.2) is 43.2 Å². The van der Waals surface area contributed by atoms with E-state index in [1.54, 1.807) is 21.6 Å². The van der Waals surface area contributed by atoms with E-state index in [1.165, 1.54) is 6.20 Å². The number of nitrogens with zero attached hydrogens (tertiary/aromatic N) is 7. The fourth-order valence-corrected chi connectivity index (χ4v) is 2.63. The standard InChI is InChI=1S/C15H14FN7/c1-10(13-6-17-9-22(13)16)14-7-18-15-4-3-12(20-23(14)15)11-5-19-21(2)8-11/h3-10H,1-2H3/t10-/m1/s1. The minimum atomic E-state index is -0.228. The lowest BCUT2D eigenvalue weighted by molar-refractivity contribution is 0.348. The van der Waals surface area contributed by atoms with E-state index in [-0.39, 0.29) is 5.92 Å². The van der Waals surface area contributed by atoms with Crippen LogP contribution < -0.4 is 0 Å². The van der Waals surface area contributed by atoms with E-state index in [1.807, 2.05) is 32.3 Å². The molecule has 8 heteroatoms. The van der Waals surface area contributed by atoms with Gasteiger partial charge in [0, 0.05) is 24.7 Å². The highest BCUT2D eigenvalue weighted by Crippen LogP contribution is 2.25. The van der Waals surface area contributed by atoms with Crippen molar-refractivity contribution in [3.05, 3.63) is 54.6 Å². The van der Waals surface area contributed by atoms with Crippen LogP contribution in [0, 0.1) is 0 Å². The molecule has 4 aromatic heterocycles. The maximum atomic E-state index is 13.7. The fourth-order valence-electron chi connectivity index (χ4n) is 2.63. The zero-order valence-corrected chi connectivity index (χ0v) is 12.6. The molecule has 0 saturated carbocycles. The molecule has 0 bridgehead atoms. The molecule has 116 valence electrons. The smallest absolute Gasteiger partial charge is 0.153 e. The predicted molar refractivity (Wildman–Crippen MR) is 81.4 cm³/mol. The summed E-state index contributed by atoms with van der Waals surface area (Å²) < 4.78 is 17.2. The van der Waals surface area contributed by atoms with Crippen LogP contribution in [0.5, 0.6) is 0 Å². The number of halogens is 1. The van der Waals surface area contributed by atoms with E-state index in [0.29, 0.717) is 16.1 Å². The highest BCUT2D eigenvalue weighted by molar-refractivity contribution is 5.58. The van der Waals surface area contributed by atoms with Gasteiger partial charge in [-0.15, -0.1) is 0 Å². The summed E-state index contributed by atoms with van der Waals surface area (Å²) in [5.41, 5.74) is 3.66. The molecule has 0 aromatic carbocycles. The molecule has 0 aliphatic carbocycles. The normalized spacial score (nSPS) is 12.8. The third-order valence-electron chi connectivity index (χ3n) is 3.90. The second-order valence-electron chi connectivity index (χ2n) is 5.43. The monoisotopic (exact) mass is 311 g/mol. The maximum Gasteiger partial charge on any atom is 0.153 e. The fraction of sp³-hybridized carbons (Fsp3) is 0.200. The molecule has 7 nitrogen and oxygen atoms in total. The minimum Gasteiger partial charge on any atom is -0.275 e. The molecule has 4 heterocycles. The van der Waals surface area contributed by atoms with Gasteiger partial charge >= 0.3 is 0 Å². The van der Waals surface area contributed by atoms with Crippen LogP contribution in [0.4, 0.5) is 4.48 Å². The van der Waals surface area contributed by atoms with E-state index < -0.39 is 0 Å². The number of hydrogen-bond donors (Lipinski definition) is 0. The van der Waals surface area contributed by atoms with Crippen molar-refractivity contribution in [3.8, 4) is 11.3 Å². The third-order valence-corrected chi connectivity index (χ3v) is 3.90. The van der Waals surface area contributed by atoms with Crippen LogP contribution in [0.3, 0.4) is 0 Å². The highest BCUT2D eigenvalue weighted by Gasteiger charge is 2.19. The Balaban J connectivity index is 1.83. The number of aryl methyl sites for hydroxylation is 1. The number of rotatable bonds is 3. The molecule has 0 amide bonds. The predicted octanol–water partition coefficient (Wildman–Crippen LogP) is 2.21. The Bertz CT molecular complexity index is 981. The Morgan fingerprint density at radius 1 is 1.13 bits per heavy atom. The Hall–Kier alpha value is -3.03. The number of aromatic nitrogens is 7. The summed E-state index contributed by atoms with van der Waals surface area (Å²) in [5, 5.41) is 8.79. The Morgan fingerprint density at radius 3 is 2.70 bits per heavy atom. The van der Waals surface area contributed by atoms with Gasteiger partial charge in [-0.1, -0.05) is 11.4 Å². The SMILES string of the molecule is C[C@H](c1cncn1F)c1cnc2ccc(-c3cnn(C)c3)nn12. The molecule has 0 aliphatic heterocycles. The zero-order chi connectivity index (χ0) is 16.0. The van der Waals surface area contributed by atoms with Gasteiger partial charge < -0.3 is 0 Å². The summed E-state index contributed by atoms with van der Waals surface area (Å²) in [7, 11) is 1.86. The van der Waals surface area contributed by atoms with Gasteiger partial charge in [-0.05, 0) is 12.1 Å². The lowest BCUT2D eigenvalue weighted by Gasteiger charge is -2.10. The van der Waals surface area contributed by atoms with E-state index in [0.717, 1.165) is 23.3 Å². The Morgan fingerprint density at radius 2 is 2.00 bits per heavy atom. The van der Waals surface area contributed by atoms with Crippen LogP contribution in [-0.4, -0.2) is 34.2 Å². The lowest BCUT2D eigenvalue weighted by Crippen LogP contribution is -2.06. The van der Waals surface area contributed by atoms with E-state index in [4.69, 9.17) is 0 Å². The van der Waals surface area contributed by atoms with Crippen molar-refractivity contribution in [1.82, 2.24) is 34.2 Å². The van der Waals surface area contributed by atoms with Gasteiger partial charge in [-0.2, -0.15) is 15.0 Å². The molecule has 0 radical (unpaired) electrons.